The first-order valence-electron chi connectivity index (χ1n) is 6.80. The van der Waals surface area contributed by atoms with Crippen LogP contribution in [0.25, 0.3) is 0 Å². The molecule has 0 spiro atoms. The molecule has 6 nitrogen and oxygen atoms in total. The second-order valence-corrected chi connectivity index (χ2v) is 7.34. The van der Waals surface area contributed by atoms with Gasteiger partial charge in [-0.2, -0.15) is 0 Å². The van der Waals surface area contributed by atoms with Gasteiger partial charge in [0, 0.05) is 26.7 Å². The Morgan fingerprint density at radius 1 is 1.47 bits per heavy atom. The van der Waals surface area contributed by atoms with E-state index in [0.29, 0.717) is 12.5 Å². The van der Waals surface area contributed by atoms with Gasteiger partial charge in [-0.25, -0.2) is 12.7 Å². The fourth-order valence-corrected chi connectivity index (χ4v) is 3.57. The minimum absolute atomic E-state index is 0.0776. The minimum Gasteiger partial charge on any atom is -0.389 e. The number of piperidine rings is 1. The Morgan fingerprint density at radius 3 is 2.79 bits per heavy atom. The summed E-state index contributed by atoms with van der Waals surface area (Å²) < 4.78 is 30.1. The van der Waals surface area contributed by atoms with Crippen LogP contribution in [-0.4, -0.2) is 69.6 Å². The number of ether oxygens (including phenoxy) is 1. The SMILES string of the molecule is COCC(O)CN(C)S(=O)(=O)CCC1CCCCN1. The summed E-state index contributed by atoms with van der Waals surface area (Å²) in [4.78, 5) is 0. The maximum Gasteiger partial charge on any atom is 0.213 e. The highest BCUT2D eigenvalue weighted by Gasteiger charge is 2.23. The van der Waals surface area contributed by atoms with Crippen molar-refractivity contribution in [2.45, 2.75) is 37.8 Å². The van der Waals surface area contributed by atoms with Crippen LogP contribution >= 0.6 is 0 Å². The third-order valence-corrected chi connectivity index (χ3v) is 5.29. The van der Waals surface area contributed by atoms with Crippen molar-refractivity contribution in [3.63, 3.8) is 0 Å². The Kier molecular flexibility index (Phi) is 7.23. The molecule has 1 heterocycles. The summed E-state index contributed by atoms with van der Waals surface area (Å²) in [6.07, 6.45) is 3.24. The van der Waals surface area contributed by atoms with Crippen molar-refractivity contribution in [1.29, 1.82) is 0 Å². The van der Waals surface area contributed by atoms with E-state index in [4.69, 9.17) is 4.74 Å². The van der Waals surface area contributed by atoms with Crippen LogP contribution in [0.2, 0.25) is 0 Å². The first kappa shape index (κ1) is 16.8. The molecule has 1 rings (SSSR count). The Balaban J connectivity index is 2.36. The fraction of sp³-hybridized carbons (Fsp3) is 1.00. The molecule has 1 fully saturated rings. The molecule has 0 saturated carbocycles. The van der Waals surface area contributed by atoms with E-state index in [-0.39, 0.29) is 18.9 Å². The summed E-state index contributed by atoms with van der Waals surface area (Å²) in [6.45, 7) is 1.20. The normalized spacial score (nSPS) is 22.6. The number of nitrogens with one attached hydrogen (secondary N) is 1. The van der Waals surface area contributed by atoms with Crippen molar-refractivity contribution in [1.82, 2.24) is 9.62 Å². The molecular formula is C12H26N2O4S. The molecule has 7 heteroatoms. The zero-order chi connectivity index (χ0) is 14.3. The van der Waals surface area contributed by atoms with Gasteiger partial charge in [0.05, 0.1) is 18.5 Å². The van der Waals surface area contributed by atoms with Crippen LogP contribution in [0.1, 0.15) is 25.7 Å². The van der Waals surface area contributed by atoms with Gasteiger partial charge in [-0.15, -0.1) is 0 Å². The zero-order valence-corrected chi connectivity index (χ0v) is 12.7. The van der Waals surface area contributed by atoms with Gasteiger partial charge >= 0.3 is 0 Å². The lowest BCUT2D eigenvalue weighted by Crippen LogP contribution is -2.40. The fourth-order valence-electron chi connectivity index (χ4n) is 2.27. The molecule has 114 valence electrons. The smallest absolute Gasteiger partial charge is 0.213 e. The Hall–Kier alpha value is -0.210. The van der Waals surface area contributed by atoms with Gasteiger partial charge in [0.2, 0.25) is 10.0 Å². The van der Waals surface area contributed by atoms with Gasteiger partial charge in [-0.05, 0) is 25.8 Å². The molecule has 0 bridgehead atoms. The zero-order valence-electron chi connectivity index (χ0n) is 11.8. The van der Waals surface area contributed by atoms with E-state index in [0.717, 1.165) is 13.0 Å². The number of aliphatic hydroxyl groups is 1. The van der Waals surface area contributed by atoms with E-state index in [9.17, 15) is 13.5 Å². The molecule has 2 atom stereocenters. The number of aliphatic hydroxyl groups excluding tert-OH is 1. The van der Waals surface area contributed by atoms with Crippen molar-refractivity contribution in [2.75, 3.05) is 39.6 Å². The molecule has 0 aromatic heterocycles. The van der Waals surface area contributed by atoms with E-state index in [1.165, 1.54) is 31.3 Å². The largest absolute Gasteiger partial charge is 0.389 e. The highest BCUT2D eigenvalue weighted by molar-refractivity contribution is 7.89. The molecule has 1 saturated heterocycles. The number of sulfonamides is 1. The second-order valence-electron chi connectivity index (χ2n) is 5.14. The summed E-state index contributed by atoms with van der Waals surface area (Å²) in [6, 6.07) is 0.306. The first-order valence-corrected chi connectivity index (χ1v) is 8.41. The van der Waals surface area contributed by atoms with Crippen molar-refractivity contribution in [3.05, 3.63) is 0 Å². The van der Waals surface area contributed by atoms with Gasteiger partial charge in [-0.3, -0.25) is 0 Å². The van der Waals surface area contributed by atoms with Crippen LogP contribution in [0, 0.1) is 0 Å². The van der Waals surface area contributed by atoms with E-state index in [1.54, 1.807) is 0 Å². The number of nitrogens with zero attached hydrogens (tertiary/aromatic N) is 1. The van der Waals surface area contributed by atoms with Crippen molar-refractivity contribution < 1.29 is 18.3 Å². The molecule has 0 amide bonds. The summed E-state index contributed by atoms with van der Waals surface area (Å²) in [5, 5.41) is 12.9. The van der Waals surface area contributed by atoms with Gasteiger partial charge in [0.15, 0.2) is 0 Å². The monoisotopic (exact) mass is 294 g/mol. The third kappa shape index (κ3) is 6.18. The molecule has 0 aromatic rings. The predicted molar refractivity (Wildman–Crippen MR) is 74.6 cm³/mol. The first-order chi connectivity index (χ1) is 8.95. The van der Waals surface area contributed by atoms with E-state index < -0.39 is 16.1 Å². The standard InChI is InChI=1S/C12H26N2O4S/c1-14(9-12(15)10-18-2)19(16,17)8-6-11-5-3-4-7-13-11/h11-13,15H,3-10H2,1-2H3. The Labute approximate surface area is 116 Å². The molecule has 2 unspecified atom stereocenters. The number of likely N-dealkylation sites (N-methyl/N-ethyl adjacent to an activating group) is 1. The van der Waals surface area contributed by atoms with Crippen LogP contribution in [0.4, 0.5) is 0 Å². The molecule has 1 aliphatic heterocycles. The van der Waals surface area contributed by atoms with E-state index in [2.05, 4.69) is 5.32 Å². The highest BCUT2D eigenvalue weighted by Crippen LogP contribution is 2.12. The summed E-state index contributed by atoms with van der Waals surface area (Å²) in [5.74, 6) is 0.126. The van der Waals surface area contributed by atoms with Gasteiger partial charge in [0.1, 0.15) is 0 Å². The number of methoxy groups -OCH3 is 1. The molecule has 1 aliphatic rings. The Morgan fingerprint density at radius 2 is 2.21 bits per heavy atom. The van der Waals surface area contributed by atoms with Gasteiger partial charge in [-0.1, -0.05) is 6.42 Å². The summed E-state index contributed by atoms with van der Waals surface area (Å²) in [7, 11) is -0.314. The average molecular weight is 294 g/mol. The lowest BCUT2D eigenvalue weighted by molar-refractivity contribution is 0.0554. The lowest BCUT2D eigenvalue weighted by atomic mass is 10.0. The van der Waals surface area contributed by atoms with Crippen LogP contribution in [0.3, 0.4) is 0 Å². The minimum atomic E-state index is -3.30. The Bertz CT molecular complexity index is 342. The molecule has 0 aromatic carbocycles. The topological polar surface area (TPSA) is 78.9 Å². The molecule has 0 aliphatic carbocycles. The third-order valence-electron chi connectivity index (χ3n) is 3.44. The highest BCUT2D eigenvalue weighted by atomic mass is 32.2. The van der Waals surface area contributed by atoms with Crippen LogP contribution < -0.4 is 5.32 Å². The van der Waals surface area contributed by atoms with Gasteiger partial charge in [0.25, 0.3) is 0 Å². The number of hydrogen-bond donors (Lipinski definition) is 2. The van der Waals surface area contributed by atoms with Crippen molar-refractivity contribution in [3.8, 4) is 0 Å². The lowest BCUT2D eigenvalue weighted by Gasteiger charge is -2.25. The molecule has 19 heavy (non-hydrogen) atoms. The maximum absolute atomic E-state index is 12.1. The predicted octanol–water partition coefficient (Wildman–Crippen LogP) is -0.212. The summed E-state index contributed by atoms with van der Waals surface area (Å²) in [5.41, 5.74) is 0. The maximum atomic E-state index is 12.1. The molecular weight excluding hydrogens is 268 g/mol. The molecule has 2 N–H and O–H groups in total. The second kappa shape index (κ2) is 8.16. The van der Waals surface area contributed by atoms with E-state index in [1.807, 2.05) is 0 Å². The van der Waals surface area contributed by atoms with Crippen molar-refractivity contribution >= 4 is 10.0 Å². The van der Waals surface area contributed by atoms with E-state index >= 15 is 0 Å². The van der Waals surface area contributed by atoms with Gasteiger partial charge < -0.3 is 15.2 Å². The quantitative estimate of drug-likeness (QED) is 0.647. The van der Waals surface area contributed by atoms with Crippen molar-refractivity contribution in [2.24, 2.45) is 0 Å². The average Bonchev–Trinajstić information content (AvgIpc) is 2.38. The molecule has 0 radical (unpaired) electrons. The summed E-state index contributed by atoms with van der Waals surface area (Å²) >= 11 is 0. The van der Waals surface area contributed by atoms with Crippen LogP contribution in [0.5, 0.6) is 0 Å². The van der Waals surface area contributed by atoms with Crippen LogP contribution in [0.15, 0.2) is 0 Å². The number of rotatable bonds is 8. The van der Waals surface area contributed by atoms with Crippen LogP contribution in [-0.2, 0) is 14.8 Å². The number of hydrogen-bond acceptors (Lipinski definition) is 5.